The summed E-state index contributed by atoms with van der Waals surface area (Å²) in [7, 11) is 0. The minimum atomic E-state index is -0.146. The molecule has 1 aromatic heterocycles. The van der Waals surface area contributed by atoms with E-state index in [1.54, 1.807) is 18.3 Å². The maximum atomic E-state index is 13.3. The Morgan fingerprint density at radius 3 is 2.70 bits per heavy atom. The lowest BCUT2D eigenvalue weighted by Crippen LogP contribution is -2.41. The second kappa shape index (κ2) is 8.09. The normalized spacial score (nSPS) is 19.6. The highest BCUT2D eigenvalue weighted by atomic mass is 16.5. The quantitative estimate of drug-likeness (QED) is 0.852. The molecule has 1 N–H and O–H groups in total. The molecule has 4 rings (SSSR count). The van der Waals surface area contributed by atoms with Crippen molar-refractivity contribution < 1.29 is 9.53 Å². The van der Waals surface area contributed by atoms with Gasteiger partial charge in [0, 0.05) is 37.0 Å². The second-order valence-corrected chi connectivity index (χ2v) is 7.64. The third kappa shape index (κ3) is 4.14. The summed E-state index contributed by atoms with van der Waals surface area (Å²) in [5.41, 5.74) is 1.83. The number of carbonyl (C=O) groups excluding carboxylic acids is 1. The zero-order chi connectivity index (χ0) is 18.6. The zero-order valence-electron chi connectivity index (χ0n) is 15.5. The first-order valence-corrected chi connectivity index (χ1v) is 9.90. The molecule has 1 aliphatic heterocycles. The Morgan fingerprint density at radius 1 is 1.11 bits per heavy atom. The summed E-state index contributed by atoms with van der Waals surface area (Å²) in [6, 6.07) is 11.0. The molecule has 1 aliphatic carbocycles. The van der Waals surface area contributed by atoms with E-state index in [9.17, 15) is 9.59 Å². The van der Waals surface area contributed by atoms with Gasteiger partial charge in [-0.3, -0.25) is 9.59 Å². The third-order valence-corrected chi connectivity index (χ3v) is 5.68. The number of ether oxygens (including phenoxy) is 1. The van der Waals surface area contributed by atoms with Gasteiger partial charge in [-0.25, -0.2) is 0 Å². The Labute approximate surface area is 159 Å². The molecule has 142 valence electrons. The first-order chi connectivity index (χ1) is 13.2. The van der Waals surface area contributed by atoms with Crippen LogP contribution in [0.3, 0.4) is 0 Å². The fourth-order valence-electron chi connectivity index (χ4n) is 3.91. The molecule has 1 atom stereocenters. The summed E-state index contributed by atoms with van der Waals surface area (Å²) >= 11 is 0. The zero-order valence-corrected chi connectivity index (χ0v) is 15.5. The Bertz CT molecular complexity index is 850. The van der Waals surface area contributed by atoms with Crippen molar-refractivity contribution in [1.82, 2.24) is 9.88 Å². The fraction of sp³-hybridized carbons (Fsp3) is 0.455. The number of rotatable bonds is 6. The summed E-state index contributed by atoms with van der Waals surface area (Å²) in [4.78, 5) is 30.0. The number of carbonyl (C=O) groups is 1. The molecule has 5 nitrogen and oxygen atoms in total. The van der Waals surface area contributed by atoms with Crippen LogP contribution in [0, 0.1) is 5.92 Å². The number of aromatic nitrogens is 1. The molecule has 5 heteroatoms. The van der Waals surface area contributed by atoms with Gasteiger partial charge >= 0.3 is 0 Å². The van der Waals surface area contributed by atoms with E-state index in [1.165, 1.54) is 19.3 Å². The lowest BCUT2D eigenvalue weighted by molar-refractivity contribution is 0.0448. The van der Waals surface area contributed by atoms with Gasteiger partial charge in [0.05, 0.1) is 6.10 Å². The largest absolute Gasteiger partial charge is 0.376 e. The van der Waals surface area contributed by atoms with Gasteiger partial charge in [-0.05, 0) is 61.4 Å². The van der Waals surface area contributed by atoms with Gasteiger partial charge < -0.3 is 14.6 Å². The van der Waals surface area contributed by atoms with E-state index in [1.807, 2.05) is 29.2 Å². The number of hydrogen-bond donors (Lipinski definition) is 1. The predicted octanol–water partition coefficient (Wildman–Crippen LogP) is 3.46. The first kappa shape index (κ1) is 18.0. The monoisotopic (exact) mass is 366 g/mol. The van der Waals surface area contributed by atoms with Crippen molar-refractivity contribution in [3.8, 4) is 11.1 Å². The summed E-state index contributed by atoms with van der Waals surface area (Å²) in [5, 5.41) is 0. The Morgan fingerprint density at radius 2 is 2.00 bits per heavy atom. The van der Waals surface area contributed by atoms with Crippen molar-refractivity contribution in [2.24, 2.45) is 5.92 Å². The maximum absolute atomic E-state index is 13.3. The van der Waals surface area contributed by atoms with Crippen molar-refractivity contribution >= 4 is 5.91 Å². The highest BCUT2D eigenvalue weighted by Crippen LogP contribution is 2.28. The summed E-state index contributed by atoms with van der Waals surface area (Å²) in [6.07, 6.45) is 7.52. The molecule has 0 radical (unpaired) electrons. The SMILES string of the molecule is O=C(c1cccc(-c2ccc[nH]c2=O)c1)N(CC1CCC1)CC1CCCO1. The minimum absolute atomic E-state index is 0.0339. The van der Waals surface area contributed by atoms with Gasteiger partial charge in [0.25, 0.3) is 11.5 Å². The van der Waals surface area contributed by atoms with Gasteiger partial charge in [0.2, 0.25) is 0 Å². The van der Waals surface area contributed by atoms with Gasteiger partial charge in [0.15, 0.2) is 0 Å². The van der Waals surface area contributed by atoms with E-state index >= 15 is 0 Å². The van der Waals surface area contributed by atoms with E-state index in [4.69, 9.17) is 4.74 Å². The van der Waals surface area contributed by atoms with Crippen molar-refractivity contribution in [1.29, 1.82) is 0 Å². The standard InChI is InChI=1S/C22H26N2O3/c25-21-20(10-3-11-23-21)17-7-2-8-18(13-17)22(26)24(14-16-5-1-6-16)15-19-9-4-12-27-19/h2-3,7-8,10-11,13,16,19H,1,4-6,9,12,14-15H2,(H,23,25). The molecular formula is C22H26N2O3. The molecule has 2 aromatic rings. The number of amides is 1. The van der Waals surface area contributed by atoms with Crippen LogP contribution in [0.25, 0.3) is 11.1 Å². The molecule has 2 heterocycles. The molecule has 1 saturated heterocycles. The van der Waals surface area contributed by atoms with Gasteiger partial charge in [0.1, 0.15) is 0 Å². The van der Waals surface area contributed by atoms with E-state index in [0.29, 0.717) is 23.6 Å². The van der Waals surface area contributed by atoms with E-state index in [-0.39, 0.29) is 17.6 Å². The van der Waals surface area contributed by atoms with Gasteiger partial charge in [-0.2, -0.15) is 0 Å². The molecular weight excluding hydrogens is 340 g/mol. The molecule has 1 unspecified atom stereocenters. The summed E-state index contributed by atoms with van der Waals surface area (Å²) < 4.78 is 5.77. The number of nitrogens with one attached hydrogen (secondary N) is 1. The molecule has 0 spiro atoms. The number of nitrogens with zero attached hydrogens (tertiary/aromatic N) is 1. The lowest BCUT2D eigenvalue weighted by atomic mass is 9.85. The van der Waals surface area contributed by atoms with Crippen LogP contribution in [-0.2, 0) is 4.74 Å². The van der Waals surface area contributed by atoms with Crippen LogP contribution in [0.1, 0.15) is 42.5 Å². The molecule has 2 fully saturated rings. The van der Waals surface area contributed by atoms with Crippen LogP contribution in [0.15, 0.2) is 47.4 Å². The van der Waals surface area contributed by atoms with Gasteiger partial charge in [-0.1, -0.05) is 18.6 Å². The van der Waals surface area contributed by atoms with Crippen molar-refractivity contribution in [2.45, 2.75) is 38.2 Å². The van der Waals surface area contributed by atoms with Crippen LogP contribution >= 0.6 is 0 Å². The van der Waals surface area contributed by atoms with E-state index in [2.05, 4.69) is 4.98 Å². The average Bonchev–Trinajstić information content (AvgIpc) is 3.16. The van der Waals surface area contributed by atoms with Gasteiger partial charge in [-0.15, -0.1) is 0 Å². The Kier molecular flexibility index (Phi) is 5.39. The molecule has 0 bridgehead atoms. The van der Waals surface area contributed by atoms with Crippen molar-refractivity contribution in [3.63, 3.8) is 0 Å². The molecule has 2 aliphatic rings. The number of H-pyrrole nitrogens is 1. The topological polar surface area (TPSA) is 62.4 Å². The fourth-order valence-corrected chi connectivity index (χ4v) is 3.91. The Balaban J connectivity index is 1.57. The summed E-state index contributed by atoms with van der Waals surface area (Å²) in [5.74, 6) is 0.641. The van der Waals surface area contributed by atoms with E-state index in [0.717, 1.165) is 31.6 Å². The minimum Gasteiger partial charge on any atom is -0.376 e. The highest BCUT2D eigenvalue weighted by molar-refractivity contribution is 5.95. The van der Waals surface area contributed by atoms with E-state index < -0.39 is 0 Å². The summed E-state index contributed by atoms with van der Waals surface area (Å²) in [6.45, 7) is 2.25. The molecule has 27 heavy (non-hydrogen) atoms. The molecule has 1 aromatic carbocycles. The predicted molar refractivity (Wildman–Crippen MR) is 105 cm³/mol. The maximum Gasteiger partial charge on any atom is 0.255 e. The van der Waals surface area contributed by atoms with Crippen molar-refractivity contribution in [3.05, 3.63) is 58.5 Å². The van der Waals surface area contributed by atoms with Crippen molar-refractivity contribution in [2.75, 3.05) is 19.7 Å². The number of benzene rings is 1. The lowest BCUT2D eigenvalue weighted by Gasteiger charge is -2.33. The Hall–Kier alpha value is -2.40. The van der Waals surface area contributed by atoms with Crippen LogP contribution in [0.4, 0.5) is 0 Å². The van der Waals surface area contributed by atoms with Crippen LogP contribution < -0.4 is 5.56 Å². The molecule has 1 saturated carbocycles. The number of pyridine rings is 1. The highest BCUT2D eigenvalue weighted by Gasteiger charge is 2.28. The number of aromatic amines is 1. The number of hydrogen-bond acceptors (Lipinski definition) is 3. The van der Waals surface area contributed by atoms with Crippen LogP contribution in [0.2, 0.25) is 0 Å². The third-order valence-electron chi connectivity index (χ3n) is 5.68. The van der Waals surface area contributed by atoms with Crippen LogP contribution in [0.5, 0.6) is 0 Å². The second-order valence-electron chi connectivity index (χ2n) is 7.64. The van der Waals surface area contributed by atoms with Crippen LogP contribution in [-0.4, -0.2) is 41.6 Å². The smallest absolute Gasteiger partial charge is 0.255 e. The first-order valence-electron chi connectivity index (χ1n) is 9.90. The molecule has 1 amide bonds. The average molecular weight is 366 g/mol.